The molecule has 0 fully saturated rings. The summed E-state index contributed by atoms with van der Waals surface area (Å²) in [6.45, 7) is 0.534. The van der Waals surface area contributed by atoms with Crippen LogP contribution >= 0.6 is 12.2 Å². The Bertz CT molecular complexity index is 1040. The molecule has 0 aliphatic rings. The number of rotatable bonds is 7. The van der Waals surface area contributed by atoms with Crippen molar-refractivity contribution in [3.63, 3.8) is 0 Å². The number of carbonyl (C=O) groups is 1. The number of nitro benzene ring substituents is 1. The molecule has 152 valence electrons. The third-order valence-corrected chi connectivity index (χ3v) is 4.36. The van der Waals surface area contributed by atoms with E-state index in [-0.39, 0.29) is 10.8 Å². The van der Waals surface area contributed by atoms with Crippen molar-refractivity contribution in [2.45, 2.75) is 6.42 Å². The maximum absolute atomic E-state index is 12.3. The van der Waals surface area contributed by atoms with Gasteiger partial charge in [-0.3, -0.25) is 20.2 Å². The summed E-state index contributed by atoms with van der Waals surface area (Å²) in [5.41, 5.74) is 1.94. The maximum Gasteiger partial charge on any atom is 0.271 e. The summed E-state index contributed by atoms with van der Waals surface area (Å²) >= 11 is 5.11. The van der Waals surface area contributed by atoms with Crippen molar-refractivity contribution in [1.29, 1.82) is 0 Å². The Labute approximate surface area is 178 Å². The van der Waals surface area contributed by atoms with Crippen LogP contribution in [0.2, 0.25) is 0 Å². The van der Waals surface area contributed by atoms with E-state index in [1.54, 1.807) is 30.3 Å². The van der Waals surface area contributed by atoms with E-state index < -0.39 is 10.8 Å². The zero-order valence-electron chi connectivity index (χ0n) is 15.9. The van der Waals surface area contributed by atoms with Crippen LogP contribution in [0.1, 0.15) is 15.9 Å². The van der Waals surface area contributed by atoms with E-state index >= 15 is 0 Å². The van der Waals surface area contributed by atoms with Gasteiger partial charge in [0, 0.05) is 29.8 Å². The average molecular weight is 421 g/mol. The van der Waals surface area contributed by atoms with Gasteiger partial charge in [-0.2, -0.15) is 0 Å². The first-order chi connectivity index (χ1) is 14.5. The van der Waals surface area contributed by atoms with E-state index in [0.717, 1.165) is 6.42 Å². The highest BCUT2D eigenvalue weighted by Crippen LogP contribution is 2.17. The molecule has 3 rings (SSSR count). The number of nitro groups is 1. The van der Waals surface area contributed by atoms with Crippen molar-refractivity contribution in [2.75, 3.05) is 11.9 Å². The van der Waals surface area contributed by atoms with Crippen LogP contribution in [0.4, 0.5) is 11.4 Å². The molecule has 2 N–H and O–H groups in total. The number of hydrogen-bond acceptors (Lipinski definition) is 5. The number of carbonyl (C=O) groups excluding carboxylic acids is 1. The smallest absolute Gasteiger partial charge is 0.271 e. The summed E-state index contributed by atoms with van der Waals surface area (Å²) in [7, 11) is 0. The van der Waals surface area contributed by atoms with Gasteiger partial charge in [-0.15, -0.1) is 0 Å². The molecule has 0 heterocycles. The Morgan fingerprint density at radius 3 is 2.43 bits per heavy atom. The summed E-state index contributed by atoms with van der Waals surface area (Å²) in [6.07, 6.45) is 0.792. The van der Waals surface area contributed by atoms with Gasteiger partial charge < -0.3 is 10.1 Å². The number of hydrogen-bond donors (Lipinski definition) is 2. The number of anilines is 1. The number of ether oxygens (including phenoxy) is 1. The van der Waals surface area contributed by atoms with Crippen molar-refractivity contribution in [3.05, 3.63) is 100 Å². The van der Waals surface area contributed by atoms with Crippen molar-refractivity contribution in [3.8, 4) is 5.75 Å². The molecule has 0 saturated carbocycles. The molecule has 7 nitrogen and oxygen atoms in total. The molecular formula is C22H19N3O4S. The van der Waals surface area contributed by atoms with E-state index in [1.165, 1.54) is 23.8 Å². The lowest BCUT2D eigenvalue weighted by molar-refractivity contribution is -0.384. The molecule has 0 bridgehead atoms. The summed E-state index contributed by atoms with van der Waals surface area (Å²) in [6, 6.07) is 22.6. The van der Waals surface area contributed by atoms with Crippen molar-refractivity contribution in [1.82, 2.24) is 5.32 Å². The van der Waals surface area contributed by atoms with Crippen LogP contribution in [0.15, 0.2) is 78.9 Å². The second kappa shape index (κ2) is 10.1. The van der Waals surface area contributed by atoms with Gasteiger partial charge in [0.2, 0.25) is 0 Å². The molecule has 30 heavy (non-hydrogen) atoms. The van der Waals surface area contributed by atoms with Gasteiger partial charge in [0.1, 0.15) is 5.75 Å². The van der Waals surface area contributed by atoms with E-state index in [2.05, 4.69) is 10.6 Å². The number of amides is 1. The molecule has 0 aliphatic carbocycles. The molecule has 8 heteroatoms. The van der Waals surface area contributed by atoms with Gasteiger partial charge in [0.05, 0.1) is 11.5 Å². The molecule has 3 aromatic rings. The summed E-state index contributed by atoms with van der Waals surface area (Å²) in [4.78, 5) is 22.7. The Hall–Kier alpha value is -3.78. The van der Waals surface area contributed by atoms with Crippen LogP contribution in [0, 0.1) is 10.1 Å². The van der Waals surface area contributed by atoms with Gasteiger partial charge >= 0.3 is 0 Å². The molecule has 0 aliphatic heterocycles. The SMILES string of the molecule is O=C(NC(=S)Nc1cccc([N+](=O)[O-])c1)c1ccc(OCCc2ccccc2)cc1. The second-order valence-electron chi connectivity index (χ2n) is 6.32. The second-order valence-corrected chi connectivity index (χ2v) is 6.73. The van der Waals surface area contributed by atoms with Gasteiger partial charge in [-0.05, 0) is 48.1 Å². The van der Waals surface area contributed by atoms with Gasteiger partial charge in [0.15, 0.2) is 5.11 Å². The van der Waals surface area contributed by atoms with Crippen LogP contribution in [-0.2, 0) is 6.42 Å². The Morgan fingerprint density at radius 1 is 1.00 bits per heavy atom. The van der Waals surface area contributed by atoms with Crippen molar-refractivity contribution in [2.24, 2.45) is 0 Å². The highest BCUT2D eigenvalue weighted by molar-refractivity contribution is 7.80. The lowest BCUT2D eigenvalue weighted by Gasteiger charge is -2.10. The molecule has 0 spiro atoms. The van der Waals surface area contributed by atoms with Gasteiger partial charge in [-0.1, -0.05) is 36.4 Å². The monoisotopic (exact) mass is 421 g/mol. The highest BCUT2D eigenvalue weighted by Gasteiger charge is 2.10. The highest BCUT2D eigenvalue weighted by atomic mass is 32.1. The molecule has 0 saturated heterocycles. The fourth-order valence-electron chi connectivity index (χ4n) is 2.67. The first-order valence-corrected chi connectivity index (χ1v) is 9.56. The van der Waals surface area contributed by atoms with E-state index in [1.807, 2.05) is 30.3 Å². The maximum atomic E-state index is 12.3. The fourth-order valence-corrected chi connectivity index (χ4v) is 2.88. The topological polar surface area (TPSA) is 93.5 Å². The normalized spacial score (nSPS) is 10.1. The predicted octanol–water partition coefficient (Wildman–Crippen LogP) is 4.34. The van der Waals surface area contributed by atoms with Crippen LogP contribution in [0.3, 0.4) is 0 Å². The lowest BCUT2D eigenvalue weighted by atomic mass is 10.2. The molecule has 0 unspecified atom stereocenters. The summed E-state index contributed by atoms with van der Waals surface area (Å²) < 4.78 is 5.71. The Balaban J connectivity index is 1.49. The van der Waals surface area contributed by atoms with Crippen LogP contribution in [0.25, 0.3) is 0 Å². The first kappa shape index (κ1) is 20.9. The van der Waals surface area contributed by atoms with E-state index in [9.17, 15) is 14.9 Å². The van der Waals surface area contributed by atoms with Gasteiger partial charge in [0.25, 0.3) is 11.6 Å². The van der Waals surface area contributed by atoms with Crippen molar-refractivity contribution >= 4 is 34.6 Å². The quantitative estimate of drug-likeness (QED) is 0.335. The van der Waals surface area contributed by atoms with E-state index in [4.69, 9.17) is 17.0 Å². The standard InChI is InChI=1S/C22H19N3O4S/c26-21(24-22(30)23-18-7-4-8-19(15-18)25(27)28)17-9-11-20(12-10-17)29-14-13-16-5-2-1-3-6-16/h1-12,15H,13-14H2,(H2,23,24,26,30). The summed E-state index contributed by atoms with van der Waals surface area (Å²) in [5.74, 6) is 0.272. The lowest BCUT2D eigenvalue weighted by Crippen LogP contribution is -2.34. The number of benzene rings is 3. The minimum absolute atomic E-state index is 0.0451. The number of nitrogens with one attached hydrogen (secondary N) is 2. The minimum Gasteiger partial charge on any atom is -0.493 e. The van der Waals surface area contributed by atoms with Gasteiger partial charge in [-0.25, -0.2) is 0 Å². The molecule has 0 aromatic heterocycles. The van der Waals surface area contributed by atoms with E-state index in [0.29, 0.717) is 23.6 Å². The molecular weight excluding hydrogens is 402 g/mol. The zero-order valence-corrected chi connectivity index (χ0v) is 16.7. The number of nitrogens with zero attached hydrogens (tertiary/aromatic N) is 1. The largest absolute Gasteiger partial charge is 0.493 e. The summed E-state index contributed by atoms with van der Waals surface area (Å²) in [5, 5.41) is 16.2. The molecule has 0 radical (unpaired) electrons. The Morgan fingerprint density at radius 2 is 1.73 bits per heavy atom. The third-order valence-electron chi connectivity index (χ3n) is 4.16. The Kier molecular flexibility index (Phi) is 7.07. The number of thiocarbonyl (C=S) groups is 1. The number of non-ortho nitro benzene ring substituents is 1. The minimum atomic E-state index is -0.504. The van der Waals surface area contributed by atoms with Crippen LogP contribution in [0.5, 0.6) is 5.75 Å². The zero-order chi connectivity index (χ0) is 21.3. The molecule has 0 atom stereocenters. The van der Waals surface area contributed by atoms with Crippen LogP contribution in [-0.4, -0.2) is 22.5 Å². The average Bonchev–Trinajstić information content (AvgIpc) is 2.75. The molecule has 3 aromatic carbocycles. The molecule has 1 amide bonds. The predicted molar refractivity (Wildman–Crippen MR) is 119 cm³/mol. The van der Waals surface area contributed by atoms with Crippen LogP contribution < -0.4 is 15.4 Å². The first-order valence-electron chi connectivity index (χ1n) is 9.15. The van der Waals surface area contributed by atoms with Crippen molar-refractivity contribution < 1.29 is 14.5 Å². The fraction of sp³-hybridized carbons (Fsp3) is 0.0909. The third kappa shape index (κ3) is 6.11.